The van der Waals surface area contributed by atoms with Crippen molar-refractivity contribution in [2.45, 2.75) is 31.8 Å². The van der Waals surface area contributed by atoms with E-state index in [9.17, 15) is 9.59 Å². The number of pyridine rings is 1. The predicted molar refractivity (Wildman–Crippen MR) is 118 cm³/mol. The summed E-state index contributed by atoms with van der Waals surface area (Å²) in [4.78, 5) is 27.2. The summed E-state index contributed by atoms with van der Waals surface area (Å²) in [7, 11) is 2.02. The maximum Gasteiger partial charge on any atom is 0.241 e. The van der Waals surface area contributed by atoms with Crippen LogP contribution in [-0.4, -0.2) is 47.2 Å². The van der Waals surface area contributed by atoms with Gasteiger partial charge in [0, 0.05) is 30.2 Å². The number of ketones is 1. The van der Waals surface area contributed by atoms with E-state index in [-0.39, 0.29) is 17.7 Å². The van der Waals surface area contributed by atoms with E-state index in [0.717, 1.165) is 59.3 Å². The van der Waals surface area contributed by atoms with Gasteiger partial charge < -0.3 is 15.0 Å². The third-order valence-corrected chi connectivity index (χ3v) is 6.35. The van der Waals surface area contributed by atoms with E-state index in [0.29, 0.717) is 13.1 Å². The Hall–Kier alpha value is -2.96. The van der Waals surface area contributed by atoms with Crippen LogP contribution in [0.3, 0.4) is 0 Å². The minimum Gasteiger partial charge on any atom is -0.325 e. The van der Waals surface area contributed by atoms with Crippen LogP contribution in [0, 0.1) is 0 Å². The van der Waals surface area contributed by atoms with E-state index < -0.39 is 0 Å². The van der Waals surface area contributed by atoms with Crippen molar-refractivity contribution in [3.63, 3.8) is 0 Å². The molecule has 0 spiro atoms. The van der Waals surface area contributed by atoms with Gasteiger partial charge in [0.05, 0.1) is 18.1 Å². The van der Waals surface area contributed by atoms with Crippen molar-refractivity contribution in [1.29, 1.82) is 0 Å². The summed E-state index contributed by atoms with van der Waals surface area (Å²) < 4.78 is 2.02. The third-order valence-electron chi connectivity index (χ3n) is 6.35. The molecule has 2 aliphatic heterocycles. The number of aromatic nitrogens is 1. The SMILES string of the molecule is CN1CCCC[C@H]1C(=O)Nc1ccc(-c2ccn3ccc4c3c2CNCC4=O)cc1. The van der Waals surface area contributed by atoms with E-state index in [1.807, 2.05) is 54.2 Å². The van der Waals surface area contributed by atoms with Gasteiger partial charge in [0.1, 0.15) is 0 Å². The minimum atomic E-state index is -0.0505. The Morgan fingerprint density at radius 2 is 1.80 bits per heavy atom. The number of likely N-dealkylation sites (tertiary alicyclic amines) is 1. The molecule has 0 aliphatic carbocycles. The zero-order valence-corrected chi connectivity index (χ0v) is 17.1. The molecule has 0 unspecified atom stereocenters. The highest BCUT2D eigenvalue weighted by Gasteiger charge is 2.26. The number of amides is 1. The van der Waals surface area contributed by atoms with E-state index in [2.05, 4.69) is 21.6 Å². The minimum absolute atomic E-state index is 0.0505. The monoisotopic (exact) mass is 402 g/mol. The molecule has 2 N–H and O–H groups in total. The quantitative estimate of drug-likeness (QED) is 0.705. The molecule has 1 atom stereocenters. The van der Waals surface area contributed by atoms with E-state index >= 15 is 0 Å². The Kier molecular flexibility index (Phi) is 4.89. The second-order valence-corrected chi connectivity index (χ2v) is 8.28. The zero-order chi connectivity index (χ0) is 20.7. The van der Waals surface area contributed by atoms with E-state index in [1.165, 1.54) is 0 Å². The van der Waals surface area contributed by atoms with Crippen LogP contribution in [0.5, 0.6) is 0 Å². The lowest BCUT2D eigenvalue weighted by Gasteiger charge is -2.31. The van der Waals surface area contributed by atoms with E-state index in [1.54, 1.807) is 0 Å². The van der Waals surface area contributed by atoms with Crippen LogP contribution in [0.2, 0.25) is 0 Å². The van der Waals surface area contributed by atoms with Crippen molar-refractivity contribution in [3.05, 3.63) is 59.9 Å². The number of Topliss-reactive ketones (excluding diaryl/α,β-unsaturated/α-hetero) is 1. The number of likely N-dealkylation sites (N-methyl/N-ethyl adjacent to an activating group) is 1. The van der Waals surface area contributed by atoms with Crippen LogP contribution in [0.15, 0.2) is 48.8 Å². The number of carbonyl (C=O) groups excluding carboxylic acids is 2. The number of nitrogens with one attached hydrogen (secondary N) is 2. The lowest BCUT2D eigenvalue weighted by molar-refractivity contribution is -0.121. The number of hydrogen-bond acceptors (Lipinski definition) is 4. The largest absolute Gasteiger partial charge is 0.325 e. The van der Waals surface area contributed by atoms with Crippen molar-refractivity contribution in [2.75, 3.05) is 25.5 Å². The van der Waals surface area contributed by atoms with Crippen molar-refractivity contribution in [3.8, 4) is 11.1 Å². The summed E-state index contributed by atoms with van der Waals surface area (Å²) in [6.45, 7) is 1.98. The molecule has 1 saturated heterocycles. The number of carbonyl (C=O) groups is 2. The summed E-state index contributed by atoms with van der Waals surface area (Å²) in [5.41, 5.74) is 5.88. The summed E-state index contributed by atoms with van der Waals surface area (Å²) in [6, 6.07) is 11.9. The summed E-state index contributed by atoms with van der Waals surface area (Å²) in [5.74, 6) is 0.192. The molecule has 1 aromatic carbocycles. The van der Waals surface area contributed by atoms with Gasteiger partial charge >= 0.3 is 0 Å². The summed E-state index contributed by atoms with van der Waals surface area (Å²) in [5, 5.41) is 6.32. The number of anilines is 1. The number of rotatable bonds is 3. The molecule has 6 nitrogen and oxygen atoms in total. The van der Waals surface area contributed by atoms with Gasteiger partial charge in [-0.2, -0.15) is 0 Å². The maximum atomic E-state index is 12.7. The standard InChI is InChI=1S/C24H26N4O2/c1-27-11-3-2-4-21(27)24(30)26-17-7-5-16(6-8-17)18-9-12-28-13-10-19-22(29)15-25-14-20(18)23(19)28/h5-10,12-13,21,25H,2-4,11,14-15H2,1H3,(H,26,30)/t21-/m0/s1. The Balaban J connectivity index is 1.42. The molecule has 6 heteroatoms. The van der Waals surface area contributed by atoms with Crippen molar-refractivity contribution in [2.24, 2.45) is 0 Å². The Labute approximate surface area is 175 Å². The molecule has 0 saturated carbocycles. The third kappa shape index (κ3) is 3.32. The van der Waals surface area contributed by atoms with Crippen LogP contribution < -0.4 is 10.6 Å². The van der Waals surface area contributed by atoms with Gasteiger partial charge in [-0.1, -0.05) is 18.6 Å². The molecule has 1 amide bonds. The average Bonchev–Trinajstić information content (AvgIpc) is 3.11. The van der Waals surface area contributed by atoms with Gasteiger partial charge in [-0.15, -0.1) is 0 Å². The Morgan fingerprint density at radius 1 is 1.03 bits per heavy atom. The summed E-state index contributed by atoms with van der Waals surface area (Å²) >= 11 is 0. The predicted octanol–water partition coefficient (Wildman–Crippen LogP) is 3.32. The van der Waals surface area contributed by atoms with Crippen molar-refractivity contribution in [1.82, 2.24) is 14.6 Å². The second-order valence-electron chi connectivity index (χ2n) is 8.28. The Morgan fingerprint density at radius 3 is 2.57 bits per heavy atom. The van der Waals surface area contributed by atoms with Crippen LogP contribution in [-0.2, 0) is 11.3 Å². The fraction of sp³-hybridized carbons (Fsp3) is 0.333. The Bertz CT molecular complexity index is 1120. The highest BCUT2D eigenvalue weighted by molar-refractivity contribution is 6.06. The zero-order valence-electron chi connectivity index (χ0n) is 17.1. The van der Waals surface area contributed by atoms with Gasteiger partial charge in [-0.05, 0) is 67.4 Å². The molecular weight excluding hydrogens is 376 g/mol. The van der Waals surface area contributed by atoms with Crippen LogP contribution in [0.1, 0.15) is 35.2 Å². The highest BCUT2D eigenvalue weighted by atomic mass is 16.2. The molecule has 2 aliphatic rings. The first-order valence-corrected chi connectivity index (χ1v) is 10.6. The fourth-order valence-corrected chi connectivity index (χ4v) is 4.71. The van der Waals surface area contributed by atoms with Gasteiger partial charge in [0.15, 0.2) is 5.78 Å². The number of nitrogens with zero attached hydrogens (tertiary/aromatic N) is 2. The van der Waals surface area contributed by atoms with Gasteiger partial charge in [0.25, 0.3) is 0 Å². The smallest absolute Gasteiger partial charge is 0.241 e. The second kappa shape index (κ2) is 7.70. The highest BCUT2D eigenvalue weighted by Crippen LogP contribution is 2.31. The van der Waals surface area contributed by atoms with Crippen molar-refractivity contribution >= 4 is 22.9 Å². The lowest BCUT2D eigenvalue weighted by atomic mass is 9.98. The van der Waals surface area contributed by atoms with E-state index in [4.69, 9.17) is 0 Å². The van der Waals surface area contributed by atoms with Crippen LogP contribution in [0.25, 0.3) is 16.6 Å². The average molecular weight is 402 g/mol. The first-order valence-electron chi connectivity index (χ1n) is 10.6. The molecule has 3 aromatic rings. The van der Waals surface area contributed by atoms with Crippen LogP contribution in [0.4, 0.5) is 5.69 Å². The summed E-state index contributed by atoms with van der Waals surface area (Å²) in [6.07, 6.45) is 7.12. The lowest BCUT2D eigenvalue weighted by Crippen LogP contribution is -2.44. The molecule has 5 rings (SSSR count). The molecule has 2 aromatic heterocycles. The normalized spacial score (nSPS) is 19.6. The first-order chi connectivity index (χ1) is 14.6. The topological polar surface area (TPSA) is 65.8 Å². The van der Waals surface area contributed by atoms with Gasteiger partial charge in [-0.3, -0.25) is 14.5 Å². The molecule has 0 bridgehead atoms. The fourth-order valence-electron chi connectivity index (χ4n) is 4.71. The molecule has 4 heterocycles. The van der Waals surface area contributed by atoms with Gasteiger partial charge in [-0.25, -0.2) is 0 Å². The van der Waals surface area contributed by atoms with Crippen molar-refractivity contribution < 1.29 is 9.59 Å². The number of benzene rings is 1. The number of piperidine rings is 1. The first kappa shape index (κ1) is 19.0. The molecule has 0 radical (unpaired) electrons. The number of hydrogen-bond donors (Lipinski definition) is 2. The van der Waals surface area contributed by atoms with Gasteiger partial charge in [0.2, 0.25) is 5.91 Å². The molecule has 154 valence electrons. The molecular formula is C24H26N4O2. The van der Waals surface area contributed by atoms with Crippen LogP contribution >= 0.6 is 0 Å². The maximum absolute atomic E-state index is 12.7. The molecule has 1 fully saturated rings. The molecule has 30 heavy (non-hydrogen) atoms.